The lowest BCUT2D eigenvalue weighted by Crippen LogP contribution is -2.11. The Labute approximate surface area is 314 Å². The molecule has 2 nitrogen and oxygen atoms in total. The number of rotatable bonds is 7. The highest BCUT2D eigenvalue weighted by Gasteiger charge is 2.21. The van der Waals surface area contributed by atoms with Crippen molar-refractivity contribution in [3.05, 3.63) is 212 Å². The van der Waals surface area contributed by atoms with Crippen LogP contribution in [-0.4, -0.2) is 0 Å². The molecule has 1 aromatic heterocycles. The molecule has 254 valence electrons. The first-order valence-corrected chi connectivity index (χ1v) is 18.4. The Balaban J connectivity index is 1.15. The molecule has 0 aliphatic carbocycles. The van der Waals surface area contributed by atoms with E-state index in [4.69, 9.17) is 4.42 Å². The first kappa shape index (κ1) is 31.6. The third-order valence-electron chi connectivity index (χ3n) is 10.4. The van der Waals surface area contributed by atoms with Crippen molar-refractivity contribution >= 4 is 49.6 Å². The Hall–Kier alpha value is -7.16. The minimum absolute atomic E-state index is 0.833. The lowest BCUT2D eigenvalue weighted by atomic mass is 9.96. The van der Waals surface area contributed by atoms with Crippen LogP contribution in [-0.2, 0) is 0 Å². The molecule has 0 fully saturated rings. The van der Waals surface area contributed by atoms with Gasteiger partial charge in [0.05, 0.1) is 5.69 Å². The number of para-hydroxylation sites is 2. The zero-order valence-electron chi connectivity index (χ0n) is 29.6. The molecule has 10 aromatic rings. The highest BCUT2D eigenvalue weighted by atomic mass is 16.3. The Bertz CT molecular complexity index is 2830. The molecule has 0 saturated carbocycles. The predicted molar refractivity (Wildman–Crippen MR) is 228 cm³/mol. The summed E-state index contributed by atoms with van der Waals surface area (Å²) in [6.45, 7) is 0. The van der Waals surface area contributed by atoms with Gasteiger partial charge in [0.15, 0.2) is 0 Å². The van der Waals surface area contributed by atoms with Crippen LogP contribution in [0.15, 0.2) is 217 Å². The first-order chi connectivity index (χ1) is 26.7. The van der Waals surface area contributed by atoms with Crippen LogP contribution >= 0.6 is 0 Å². The van der Waals surface area contributed by atoms with Crippen molar-refractivity contribution in [1.29, 1.82) is 0 Å². The van der Waals surface area contributed by atoms with Crippen molar-refractivity contribution in [2.45, 2.75) is 0 Å². The molecule has 0 aliphatic heterocycles. The number of hydrogen-bond acceptors (Lipinski definition) is 2. The van der Waals surface area contributed by atoms with E-state index in [1.165, 1.54) is 43.8 Å². The normalized spacial score (nSPS) is 11.3. The van der Waals surface area contributed by atoms with Gasteiger partial charge in [-0.3, -0.25) is 0 Å². The molecule has 0 atom stereocenters. The number of nitrogens with zero attached hydrogens (tertiary/aromatic N) is 1. The molecule has 1 heterocycles. The van der Waals surface area contributed by atoms with Crippen molar-refractivity contribution in [3.8, 4) is 44.7 Å². The summed E-state index contributed by atoms with van der Waals surface area (Å²) >= 11 is 0. The van der Waals surface area contributed by atoms with Gasteiger partial charge in [-0.1, -0.05) is 152 Å². The molecular weight excluding hydrogens is 655 g/mol. The van der Waals surface area contributed by atoms with E-state index in [1.54, 1.807) is 0 Å². The summed E-state index contributed by atoms with van der Waals surface area (Å²) in [6.07, 6.45) is 0. The van der Waals surface area contributed by atoms with Crippen LogP contribution in [0, 0.1) is 0 Å². The summed E-state index contributed by atoms with van der Waals surface area (Å²) in [4.78, 5) is 2.37. The standard InChI is InChI=1S/C52H35NO/c1-3-13-36(14-4-1)43-32-44(37-15-5-2-6-16-37)34-46(33-43)53(50-21-11-10-20-49(50)52-35-42-18-8-12-22-51(42)54-52)45-28-25-38(26-29-45)40-27-30-48-41(31-40)24-23-39-17-7-9-19-47(39)48/h1-35H. The lowest BCUT2D eigenvalue weighted by molar-refractivity contribution is 0.631. The van der Waals surface area contributed by atoms with Gasteiger partial charge in [-0.2, -0.15) is 0 Å². The van der Waals surface area contributed by atoms with Crippen molar-refractivity contribution in [2.75, 3.05) is 4.90 Å². The van der Waals surface area contributed by atoms with Crippen LogP contribution in [0.5, 0.6) is 0 Å². The van der Waals surface area contributed by atoms with Gasteiger partial charge in [0.2, 0.25) is 0 Å². The summed E-state index contributed by atoms with van der Waals surface area (Å²) in [7, 11) is 0. The Morgan fingerprint density at radius 2 is 0.889 bits per heavy atom. The van der Waals surface area contributed by atoms with E-state index in [2.05, 4.69) is 205 Å². The van der Waals surface area contributed by atoms with Crippen LogP contribution in [0.2, 0.25) is 0 Å². The van der Waals surface area contributed by atoms with Crippen LogP contribution in [0.3, 0.4) is 0 Å². The van der Waals surface area contributed by atoms with E-state index in [0.717, 1.165) is 50.5 Å². The summed E-state index contributed by atoms with van der Waals surface area (Å²) in [5.74, 6) is 0.833. The molecule has 0 aliphatic rings. The number of hydrogen-bond donors (Lipinski definition) is 0. The van der Waals surface area contributed by atoms with Crippen LogP contribution in [0.4, 0.5) is 17.1 Å². The Morgan fingerprint density at radius 3 is 1.63 bits per heavy atom. The molecule has 2 heteroatoms. The molecule has 0 N–H and O–H groups in total. The van der Waals surface area contributed by atoms with E-state index in [0.29, 0.717) is 0 Å². The summed E-state index contributed by atoms with van der Waals surface area (Å²) in [5.41, 5.74) is 12.0. The molecule has 0 radical (unpaired) electrons. The molecular formula is C52H35NO. The second kappa shape index (κ2) is 13.4. The quantitative estimate of drug-likeness (QED) is 0.155. The SMILES string of the molecule is c1ccc(-c2cc(-c3ccccc3)cc(N(c3ccc(-c4ccc5c(ccc6ccccc65)c4)cc3)c3ccccc3-c3cc4ccccc4o3)c2)cc1. The van der Waals surface area contributed by atoms with Crippen molar-refractivity contribution in [1.82, 2.24) is 0 Å². The minimum Gasteiger partial charge on any atom is -0.456 e. The Kier molecular flexibility index (Phi) is 7.85. The predicted octanol–water partition coefficient (Wildman–Crippen LogP) is 14.9. The minimum atomic E-state index is 0.833. The number of anilines is 3. The maximum Gasteiger partial charge on any atom is 0.137 e. The van der Waals surface area contributed by atoms with E-state index < -0.39 is 0 Å². The van der Waals surface area contributed by atoms with Gasteiger partial charge in [0.25, 0.3) is 0 Å². The average Bonchev–Trinajstić information content (AvgIpc) is 3.69. The van der Waals surface area contributed by atoms with E-state index in [-0.39, 0.29) is 0 Å². The fraction of sp³-hybridized carbons (Fsp3) is 0. The van der Waals surface area contributed by atoms with E-state index in [9.17, 15) is 0 Å². The molecule has 10 rings (SSSR count). The third kappa shape index (κ3) is 5.81. The maximum atomic E-state index is 6.51. The van der Waals surface area contributed by atoms with Crippen LogP contribution in [0.25, 0.3) is 77.2 Å². The van der Waals surface area contributed by atoms with Gasteiger partial charge in [0.1, 0.15) is 11.3 Å². The third-order valence-corrected chi connectivity index (χ3v) is 10.4. The topological polar surface area (TPSA) is 16.4 Å². The van der Waals surface area contributed by atoms with E-state index >= 15 is 0 Å². The average molecular weight is 690 g/mol. The highest BCUT2D eigenvalue weighted by molar-refractivity contribution is 6.08. The fourth-order valence-corrected chi connectivity index (χ4v) is 7.75. The number of benzene rings is 9. The van der Waals surface area contributed by atoms with Crippen molar-refractivity contribution < 1.29 is 4.42 Å². The summed E-state index contributed by atoms with van der Waals surface area (Å²) in [6, 6.07) is 75.9. The smallest absolute Gasteiger partial charge is 0.137 e. The van der Waals surface area contributed by atoms with Crippen LogP contribution < -0.4 is 4.90 Å². The van der Waals surface area contributed by atoms with E-state index in [1.807, 2.05) is 12.1 Å². The second-order valence-electron chi connectivity index (χ2n) is 13.8. The molecule has 0 saturated heterocycles. The molecule has 0 spiro atoms. The molecule has 0 amide bonds. The highest BCUT2D eigenvalue weighted by Crippen LogP contribution is 2.45. The largest absolute Gasteiger partial charge is 0.456 e. The van der Waals surface area contributed by atoms with Gasteiger partial charge < -0.3 is 9.32 Å². The van der Waals surface area contributed by atoms with Gasteiger partial charge in [-0.05, 0) is 116 Å². The maximum absolute atomic E-state index is 6.51. The fourth-order valence-electron chi connectivity index (χ4n) is 7.75. The molecule has 9 aromatic carbocycles. The summed E-state index contributed by atoms with van der Waals surface area (Å²) < 4.78 is 6.51. The lowest BCUT2D eigenvalue weighted by Gasteiger charge is -2.28. The van der Waals surface area contributed by atoms with Crippen molar-refractivity contribution in [3.63, 3.8) is 0 Å². The Morgan fingerprint density at radius 1 is 0.315 bits per heavy atom. The van der Waals surface area contributed by atoms with Gasteiger partial charge >= 0.3 is 0 Å². The number of furan rings is 1. The molecule has 0 bridgehead atoms. The van der Waals surface area contributed by atoms with Gasteiger partial charge in [0, 0.05) is 22.3 Å². The second-order valence-corrected chi connectivity index (χ2v) is 13.8. The summed E-state index contributed by atoms with van der Waals surface area (Å²) in [5, 5.41) is 6.14. The molecule has 54 heavy (non-hydrogen) atoms. The monoisotopic (exact) mass is 689 g/mol. The van der Waals surface area contributed by atoms with Gasteiger partial charge in [-0.25, -0.2) is 0 Å². The molecule has 0 unspecified atom stereocenters. The van der Waals surface area contributed by atoms with Crippen molar-refractivity contribution in [2.24, 2.45) is 0 Å². The number of fused-ring (bicyclic) bond motifs is 4. The first-order valence-electron chi connectivity index (χ1n) is 18.4. The zero-order chi connectivity index (χ0) is 35.8. The van der Waals surface area contributed by atoms with Gasteiger partial charge in [-0.15, -0.1) is 0 Å². The zero-order valence-corrected chi connectivity index (χ0v) is 29.6. The van der Waals surface area contributed by atoms with Crippen LogP contribution in [0.1, 0.15) is 0 Å².